The number of carbonyl (C=O) groups excluding carboxylic acids is 1. The summed E-state index contributed by atoms with van der Waals surface area (Å²) < 4.78 is 7.15. The van der Waals surface area contributed by atoms with Gasteiger partial charge in [0.25, 0.3) is 0 Å². The number of aromatic nitrogens is 3. The fourth-order valence-corrected chi connectivity index (χ4v) is 2.92. The van der Waals surface area contributed by atoms with Crippen LogP contribution in [0.1, 0.15) is 19.8 Å². The van der Waals surface area contributed by atoms with Crippen LogP contribution in [0.3, 0.4) is 0 Å². The Balaban J connectivity index is 1.57. The number of rotatable bonds is 6. The predicted molar refractivity (Wildman–Crippen MR) is 79.8 cm³/mol. The normalized spacial score (nSPS) is 15.9. The van der Waals surface area contributed by atoms with E-state index < -0.39 is 0 Å². The summed E-state index contributed by atoms with van der Waals surface area (Å²) in [5.74, 6) is 2.39. The van der Waals surface area contributed by atoms with Crippen molar-refractivity contribution in [3.05, 3.63) is 18.4 Å². The van der Waals surface area contributed by atoms with Crippen molar-refractivity contribution >= 4 is 17.7 Å². The molecular weight excluding hydrogens is 288 g/mol. The first kappa shape index (κ1) is 14.2. The van der Waals surface area contributed by atoms with Gasteiger partial charge in [-0.05, 0) is 37.8 Å². The zero-order valence-electron chi connectivity index (χ0n) is 12.1. The van der Waals surface area contributed by atoms with E-state index in [4.69, 9.17) is 4.42 Å². The fraction of sp³-hybridized carbons (Fsp3) is 0.500. The Morgan fingerprint density at radius 1 is 1.57 bits per heavy atom. The maximum atomic E-state index is 11.9. The van der Waals surface area contributed by atoms with Gasteiger partial charge in [0.2, 0.25) is 5.91 Å². The summed E-state index contributed by atoms with van der Waals surface area (Å²) in [4.78, 5) is 11.9. The minimum Gasteiger partial charge on any atom is -0.461 e. The third kappa shape index (κ3) is 3.29. The minimum absolute atomic E-state index is 0.0435. The first-order valence-electron chi connectivity index (χ1n) is 7.00. The van der Waals surface area contributed by atoms with Gasteiger partial charge in [0.05, 0.1) is 12.0 Å². The third-order valence-electron chi connectivity index (χ3n) is 3.63. The number of nitrogens with one attached hydrogen (secondary N) is 1. The summed E-state index contributed by atoms with van der Waals surface area (Å²) in [6.45, 7) is 2.07. The van der Waals surface area contributed by atoms with Gasteiger partial charge in [0.1, 0.15) is 0 Å². The molecule has 0 bridgehead atoms. The highest BCUT2D eigenvalue weighted by molar-refractivity contribution is 7.99. The van der Waals surface area contributed by atoms with Gasteiger partial charge in [0.15, 0.2) is 16.7 Å². The number of furan rings is 1. The van der Waals surface area contributed by atoms with E-state index in [0.717, 1.165) is 0 Å². The number of hydrogen-bond donors (Lipinski definition) is 1. The summed E-state index contributed by atoms with van der Waals surface area (Å²) in [7, 11) is 1.87. The van der Waals surface area contributed by atoms with Crippen LogP contribution in [0.5, 0.6) is 0 Å². The summed E-state index contributed by atoms with van der Waals surface area (Å²) >= 11 is 1.38. The highest BCUT2D eigenvalue weighted by Crippen LogP contribution is 2.32. The highest BCUT2D eigenvalue weighted by atomic mass is 32.2. The molecule has 1 atom stereocenters. The number of nitrogens with zero attached hydrogens (tertiary/aromatic N) is 3. The molecule has 2 heterocycles. The van der Waals surface area contributed by atoms with Crippen LogP contribution >= 0.6 is 11.8 Å². The SMILES string of the molecule is C[C@@H](NC(=O)CSc1nnc(-c2ccco2)n1C)C1CC1. The molecule has 0 aliphatic heterocycles. The Morgan fingerprint density at radius 3 is 3.05 bits per heavy atom. The lowest BCUT2D eigenvalue weighted by Gasteiger charge is -2.12. The smallest absolute Gasteiger partial charge is 0.230 e. The van der Waals surface area contributed by atoms with Crippen molar-refractivity contribution in [2.24, 2.45) is 13.0 Å². The maximum Gasteiger partial charge on any atom is 0.230 e. The van der Waals surface area contributed by atoms with E-state index in [0.29, 0.717) is 28.4 Å². The Labute approximate surface area is 127 Å². The van der Waals surface area contributed by atoms with E-state index >= 15 is 0 Å². The van der Waals surface area contributed by atoms with Crippen molar-refractivity contribution in [2.75, 3.05) is 5.75 Å². The monoisotopic (exact) mass is 306 g/mol. The quantitative estimate of drug-likeness (QED) is 0.827. The summed E-state index contributed by atoms with van der Waals surface area (Å²) in [5.41, 5.74) is 0. The lowest BCUT2D eigenvalue weighted by atomic mass is 10.2. The van der Waals surface area contributed by atoms with Crippen LogP contribution in [0, 0.1) is 5.92 Å². The summed E-state index contributed by atoms with van der Waals surface area (Å²) in [6.07, 6.45) is 4.05. The summed E-state index contributed by atoms with van der Waals surface area (Å²) in [6, 6.07) is 3.92. The van der Waals surface area contributed by atoms with Crippen molar-refractivity contribution in [1.82, 2.24) is 20.1 Å². The second-order valence-corrected chi connectivity index (χ2v) is 6.27. The average molecular weight is 306 g/mol. The first-order chi connectivity index (χ1) is 10.1. The van der Waals surface area contributed by atoms with Gasteiger partial charge >= 0.3 is 0 Å². The standard InChI is InChI=1S/C14H18N4O2S/c1-9(10-5-6-10)15-12(19)8-21-14-17-16-13(18(14)2)11-4-3-7-20-11/h3-4,7,9-10H,5-6,8H2,1-2H3,(H,15,19)/t9-/m1/s1. The Kier molecular flexibility index (Phi) is 4.01. The van der Waals surface area contributed by atoms with E-state index in [9.17, 15) is 4.79 Å². The number of hydrogen-bond acceptors (Lipinski definition) is 5. The highest BCUT2D eigenvalue weighted by Gasteiger charge is 2.28. The molecule has 1 aliphatic carbocycles. The molecule has 1 saturated carbocycles. The molecular formula is C14H18N4O2S. The Bertz CT molecular complexity index is 619. The maximum absolute atomic E-state index is 11.9. The van der Waals surface area contributed by atoms with E-state index in [1.807, 2.05) is 23.7 Å². The van der Waals surface area contributed by atoms with Gasteiger partial charge < -0.3 is 14.3 Å². The van der Waals surface area contributed by atoms with E-state index in [1.165, 1.54) is 24.6 Å². The van der Waals surface area contributed by atoms with Crippen LogP contribution in [0.15, 0.2) is 28.0 Å². The molecule has 2 aromatic rings. The molecule has 1 aliphatic rings. The molecule has 0 unspecified atom stereocenters. The van der Waals surface area contributed by atoms with E-state index in [1.54, 1.807) is 6.26 Å². The van der Waals surface area contributed by atoms with Gasteiger partial charge in [-0.25, -0.2) is 0 Å². The van der Waals surface area contributed by atoms with Gasteiger partial charge in [-0.2, -0.15) is 0 Å². The van der Waals surface area contributed by atoms with Crippen molar-refractivity contribution in [1.29, 1.82) is 0 Å². The molecule has 1 amide bonds. The molecule has 1 N–H and O–H groups in total. The second-order valence-electron chi connectivity index (χ2n) is 5.32. The predicted octanol–water partition coefficient (Wildman–Crippen LogP) is 2.08. The number of carbonyl (C=O) groups is 1. The van der Waals surface area contributed by atoms with Crippen LogP contribution in [0.2, 0.25) is 0 Å². The molecule has 112 valence electrons. The largest absolute Gasteiger partial charge is 0.461 e. The van der Waals surface area contributed by atoms with E-state index in [-0.39, 0.29) is 11.9 Å². The van der Waals surface area contributed by atoms with Gasteiger partial charge in [-0.3, -0.25) is 4.79 Å². The topological polar surface area (TPSA) is 73.0 Å². The van der Waals surface area contributed by atoms with Crippen LogP contribution < -0.4 is 5.32 Å². The third-order valence-corrected chi connectivity index (χ3v) is 4.65. The molecule has 1 fully saturated rings. The molecule has 2 aromatic heterocycles. The van der Waals surface area contributed by atoms with Crippen molar-refractivity contribution < 1.29 is 9.21 Å². The molecule has 21 heavy (non-hydrogen) atoms. The minimum atomic E-state index is 0.0435. The van der Waals surface area contributed by atoms with Crippen molar-refractivity contribution in [2.45, 2.75) is 31.0 Å². The Hall–Kier alpha value is -1.76. The van der Waals surface area contributed by atoms with Gasteiger partial charge in [-0.1, -0.05) is 11.8 Å². The number of amides is 1. The lowest BCUT2D eigenvalue weighted by molar-refractivity contribution is -0.119. The number of thioether (sulfide) groups is 1. The molecule has 0 spiro atoms. The first-order valence-corrected chi connectivity index (χ1v) is 7.99. The molecule has 6 nitrogen and oxygen atoms in total. The van der Waals surface area contributed by atoms with Crippen LogP contribution in [0.4, 0.5) is 0 Å². The van der Waals surface area contributed by atoms with Crippen LogP contribution in [-0.4, -0.2) is 32.5 Å². The summed E-state index contributed by atoms with van der Waals surface area (Å²) in [5, 5.41) is 11.9. The molecule has 0 saturated heterocycles. The van der Waals surface area contributed by atoms with Crippen molar-refractivity contribution in [3.63, 3.8) is 0 Å². The lowest BCUT2D eigenvalue weighted by Crippen LogP contribution is -2.35. The molecule has 3 rings (SSSR count). The van der Waals surface area contributed by atoms with Crippen molar-refractivity contribution in [3.8, 4) is 11.6 Å². The van der Waals surface area contributed by atoms with Gasteiger partial charge in [0, 0.05) is 13.1 Å². The van der Waals surface area contributed by atoms with Crippen LogP contribution in [-0.2, 0) is 11.8 Å². The zero-order chi connectivity index (χ0) is 14.8. The fourth-order valence-electron chi connectivity index (χ4n) is 2.20. The average Bonchev–Trinajstić information content (AvgIpc) is 3.06. The van der Waals surface area contributed by atoms with E-state index in [2.05, 4.69) is 22.4 Å². The Morgan fingerprint density at radius 2 is 2.38 bits per heavy atom. The molecule has 0 radical (unpaired) electrons. The zero-order valence-corrected chi connectivity index (χ0v) is 12.9. The van der Waals surface area contributed by atoms with Crippen LogP contribution in [0.25, 0.3) is 11.6 Å². The second kappa shape index (κ2) is 5.93. The molecule has 0 aromatic carbocycles. The molecule has 7 heteroatoms. The van der Waals surface area contributed by atoms with Gasteiger partial charge in [-0.15, -0.1) is 10.2 Å².